The highest BCUT2D eigenvalue weighted by atomic mass is 16.2. The molecule has 3 aromatic rings. The molecule has 0 spiro atoms. The molecule has 35 heavy (non-hydrogen) atoms. The first-order valence-electron chi connectivity index (χ1n) is 13.1. The number of carbonyl (C=O) groups is 1. The molecule has 1 fully saturated rings. The lowest BCUT2D eigenvalue weighted by molar-refractivity contribution is -0.118. The van der Waals surface area contributed by atoms with Gasteiger partial charge in [0.25, 0.3) is 0 Å². The van der Waals surface area contributed by atoms with E-state index in [1.165, 1.54) is 11.1 Å². The van der Waals surface area contributed by atoms with Crippen LogP contribution in [0.3, 0.4) is 0 Å². The molecule has 1 saturated heterocycles. The minimum Gasteiger partial charge on any atom is -0.312 e. The van der Waals surface area contributed by atoms with E-state index in [0.717, 1.165) is 64.3 Å². The van der Waals surface area contributed by atoms with Crippen LogP contribution in [-0.4, -0.2) is 61.5 Å². The predicted octanol–water partition coefficient (Wildman–Crippen LogP) is 5.15. The van der Waals surface area contributed by atoms with Crippen molar-refractivity contribution in [1.82, 2.24) is 9.80 Å². The molecule has 0 bridgehead atoms. The molecule has 4 nitrogen and oxygen atoms in total. The van der Waals surface area contributed by atoms with E-state index in [1.54, 1.807) is 0 Å². The van der Waals surface area contributed by atoms with Crippen LogP contribution in [0.25, 0.3) is 0 Å². The first-order valence-corrected chi connectivity index (χ1v) is 13.1. The van der Waals surface area contributed by atoms with Crippen LogP contribution in [0, 0.1) is 5.92 Å². The van der Waals surface area contributed by atoms with Crippen LogP contribution in [0.15, 0.2) is 91.0 Å². The van der Waals surface area contributed by atoms with E-state index in [0.29, 0.717) is 12.3 Å². The van der Waals surface area contributed by atoms with E-state index in [-0.39, 0.29) is 5.91 Å². The molecule has 1 amide bonds. The fourth-order valence-electron chi connectivity index (χ4n) is 5.05. The van der Waals surface area contributed by atoms with E-state index >= 15 is 0 Å². The molecule has 0 radical (unpaired) electrons. The number of hydrogen-bond acceptors (Lipinski definition) is 3. The summed E-state index contributed by atoms with van der Waals surface area (Å²) in [6, 6.07) is 31.7. The Labute approximate surface area is 211 Å². The maximum atomic E-state index is 13.0. The summed E-state index contributed by atoms with van der Waals surface area (Å²) in [4.78, 5) is 20.2. The lowest BCUT2D eigenvalue weighted by Crippen LogP contribution is -2.42. The Kier molecular flexibility index (Phi) is 9.50. The van der Waals surface area contributed by atoms with Crippen molar-refractivity contribution in [3.05, 3.63) is 102 Å². The zero-order valence-corrected chi connectivity index (χ0v) is 21.1. The molecular formula is C31H39N3O. The van der Waals surface area contributed by atoms with Gasteiger partial charge < -0.3 is 14.7 Å². The van der Waals surface area contributed by atoms with E-state index in [4.69, 9.17) is 0 Å². The number of nitrogens with zero attached hydrogens (tertiary/aromatic N) is 3. The molecule has 0 N–H and O–H groups in total. The van der Waals surface area contributed by atoms with Crippen LogP contribution in [-0.2, 0) is 17.6 Å². The Morgan fingerprint density at radius 3 is 1.66 bits per heavy atom. The second kappa shape index (κ2) is 13.2. The molecule has 184 valence electrons. The second-order valence-electron chi connectivity index (χ2n) is 9.63. The molecule has 1 aliphatic rings. The summed E-state index contributed by atoms with van der Waals surface area (Å²) in [6.07, 6.45) is 2.65. The van der Waals surface area contributed by atoms with Crippen molar-refractivity contribution in [2.75, 3.05) is 50.7 Å². The first kappa shape index (κ1) is 25.2. The first-order chi connectivity index (χ1) is 17.2. The van der Waals surface area contributed by atoms with Crippen molar-refractivity contribution in [1.29, 1.82) is 0 Å². The monoisotopic (exact) mass is 469 g/mol. The fourth-order valence-corrected chi connectivity index (χ4v) is 5.05. The molecule has 4 rings (SSSR count). The van der Waals surface area contributed by atoms with Gasteiger partial charge in [0.1, 0.15) is 0 Å². The molecule has 3 aromatic carbocycles. The van der Waals surface area contributed by atoms with Gasteiger partial charge in [-0.2, -0.15) is 0 Å². The summed E-state index contributed by atoms with van der Waals surface area (Å²) >= 11 is 0. The Morgan fingerprint density at radius 2 is 1.20 bits per heavy atom. The van der Waals surface area contributed by atoms with Crippen LogP contribution in [0.1, 0.15) is 24.5 Å². The topological polar surface area (TPSA) is 26.8 Å². The average molecular weight is 470 g/mol. The number of para-hydroxylation sites is 1. The molecule has 0 aliphatic carbocycles. The van der Waals surface area contributed by atoms with Gasteiger partial charge in [-0.15, -0.1) is 0 Å². The zero-order valence-electron chi connectivity index (χ0n) is 21.1. The van der Waals surface area contributed by atoms with Crippen molar-refractivity contribution in [3.63, 3.8) is 0 Å². The van der Waals surface area contributed by atoms with E-state index in [1.807, 2.05) is 30.0 Å². The third-order valence-corrected chi connectivity index (χ3v) is 7.00. The normalized spacial score (nSPS) is 15.6. The number of amides is 1. The number of anilines is 1. The number of rotatable bonds is 10. The smallest absolute Gasteiger partial charge is 0.226 e. The van der Waals surface area contributed by atoms with Gasteiger partial charge in [0.05, 0.1) is 0 Å². The SMILES string of the molecule is CCC(=O)N(CC1CN(CCc2ccccc2)CCN(CCc2ccccc2)C1)c1ccccc1. The third kappa shape index (κ3) is 7.78. The molecule has 1 heterocycles. The van der Waals surface area contributed by atoms with Gasteiger partial charge in [-0.25, -0.2) is 0 Å². The number of carbonyl (C=O) groups excluding carboxylic acids is 1. The molecule has 0 saturated carbocycles. The quantitative estimate of drug-likeness (QED) is 0.411. The van der Waals surface area contributed by atoms with Gasteiger partial charge in [-0.05, 0) is 36.1 Å². The summed E-state index contributed by atoms with van der Waals surface area (Å²) in [7, 11) is 0. The highest BCUT2D eigenvalue weighted by molar-refractivity contribution is 5.93. The van der Waals surface area contributed by atoms with Crippen LogP contribution in [0.2, 0.25) is 0 Å². The fraction of sp³-hybridized carbons (Fsp3) is 0.387. The molecule has 4 heteroatoms. The van der Waals surface area contributed by atoms with Gasteiger partial charge in [-0.1, -0.05) is 85.8 Å². The van der Waals surface area contributed by atoms with Gasteiger partial charge in [0.2, 0.25) is 5.91 Å². The van der Waals surface area contributed by atoms with Gasteiger partial charge in [0.15, 0.2) is 0 Å². The van der Waals surface area contributed by atoms with Crippen molar-refractivity contribution in [2.45, 2.75) is 26.2 Å². The molecule has 0 atom stereocenters. The Hall–Kier alpha value is -2.95. The summed E-state index contributed by atoms with van der Waals surface area (Å²) < 4.78 is 0. The molecule has 0 unspecified atom stereocenters. The summed E-state index contributed by atoms with van der Waals surface area (Å²) in [6.45, 7) is 9.03. The standard InChI is InChI=1S/C31H39N3O/c1-2-31(35)34(30-16-10-5-11-17-30)26-29-24-32(20-18-27-12-6-3-7-13-27)22-23-33(25-29)21-19-28-14-8-4-9-15-28/h3-17,29H,2,18-26H2,1H3. The maximum Gasteiger partial charge on any atom is 0.226 e. The Balaban J connectivity index is 1.46. The lowest BCUT2D eigenvalue weighted by Gasteiger charge is -2.31. The van der Waals surface area contributed by atoms with Gasteiger partial charge >= 0.3 is 0 Å². The number of benzene rings is 3. The average Bonchev–Trinajstić information content (AvgIpc) is 3.12. The number of hydrogen-bond donors (Lipinski definition) is 0. The minimum atomic E-state index is 0.201. The predicted molar refractivity (Wildman–Crippen MR) is 146 cm³/mol. The summed E-state index contributed by atoms with van der Waals surface area (Å²) in [5.74, 6) is 0.604. The highest BCUT2D eigenvalue weighted by Gasteiger charge is 2.26. The molecule has 0 aromatic heterocycles. The largest absolute Gasteiger partial charge is 0.312 e. The van der Waals surface area contributed by atoms with Crippen LogP contribution < -0.4 is 4.90 Å². The summed E-state index contributed by atoms with van der Waals surface area (Å²) in [5, 5.41) is 0. The molecule has 1 aliphatic heterocycles. The van der Waals surface area contributed by atoms with E-state index in [9.17, 15) is 4.79 Å². The Bertz CT molecular complexity index is 956. The van der Waals surface area contributed by atoms with E-state index in [2.05, 4.69) is 82.6 Å². The van der Waals surface area contributed by atoms with Gasteiger partial charge in [0, 0.05) is 63.8 Å². The van der Waals surface area contributed by atoms with Crippen molar-refractivity contribution in [2.24, 2.45) is 5.92 Å². The van der Waals surface area contributed by atoms with Crippen molar-refractivity contribution >= 4 is 11.6 Å². The maximum absolute atomic E-state index is 13.0. The van der Waals surface area contributed by atoms with Crippen LogP contribution >= 0.6 is 0 Å². The van der Waals surface area contributed by atoms with E-state index < -0.39 is 0 Å². The lowest BCUT2D eigenvalue weighted by atomic mass is 10.1. The highest BCUT2D eigenvalue weighted by Crippen LogP contribution is 2.20. The van der Waals surface area contributed by atoms with Gasteiger partial charge in [-0.3, -0.25) is 4.79 Å². The minimum absolute atomic E-state index is 0.201. The third-order valence-electron chi connectivity index (χ3n) is 7.00. The van der Waals surface area contributed by atoms with Crippen molar-refractivity contribution < 1.29 is 4.79 Å². The van der Waals surface area contributed by atoms with Crippen molar-refractivity contribution in [3.8, 4) is 0 Å². The summed E-state index contributed by atoms with van der Waals surface area (Å²) in [5.41, 5.74) is 3.79. The van der Waals surface area contributed by atoms with Crippen LogP contribution in [0.5, 0.6) is 0 Å². The second-order valence-corrected chi connectivity index (χ2v) is 9.63. The zero-order chi connectivity index (χ0) is 24.3. The van der Waals surface area contributed by atoms with Crippen LogP contribution in [0.4, 0.5) is 5.69 Å². The Morgan fingerprint density at radius 1 is 0.743 bits per heavy atom. The molecular weight excluding hydrogens is 430 g/mol.